The minimum absolute atomic E-state index is 0.130. The molecule has 2 aromatic rings. The Morgan fingerprint density at radius 1 is 1.21 bits per heavy atom. The number of ether oxygens (including phenoxy) is 1. The van der Waals surface area contributed by atoms with Gasteiger partial charge in [-0.15, -0.1) is 16.9 Å². The summed E-state index contributed by atoms with van der Waals surface area (Å²) in [6.45, 7) is 8.09. The number of nitrogens with zero attached hydrogens (tertiary/aromatic N) is 5. The molecule has 1 aromatic heterocycles. The Balaban J connectivity index is 1.70. The van der Waals surface area contributed by atoms with Gasteiger partial charge in [0.1, 0.15) is 0 Å². The number of carbonyl (C=O) groups excluding carboxylic acids is 1. The Hall–Kier alpha value is -1.93. The van der Waals surface area contributed by atoms with Gasteiger partial charge in [0.05, 0.1) is 17.0 Å². The molecule has 8 heteroatoms. The average Bonchev–Trinajstić information content (AvgIpc) is 3.29. The SMILES string of the molecule is CSc1ccc(CN2C(=O)C3(CCOCC3)CC2c2nnnn2C(C)(C)C)cc1. The Morgan fingerprint density at radius 2 is 1.90 bits per heavy atom. The molecule has 0 bridgehead atoms. The molecule has 156 valence electrons. The fourth-order valence-corrected chi connectivity index (χ4v) is 4.82. The number of tetrazole rings is 1. The summed E-state index contributed by atoms with van der Waals surface area (Å²) >= 11 is 1.72. The highest BCUT2D eigenvalue weighted by molar-refractivity contribution is 7.98. The number of rotatable bonds is 4. The van der Waals surface area contributed by atoms with Gasteiger partial charge in [-0.1, -0.05) is 12.1 Å². The van der Waals surface area contributed by atoms with Crippen LogP contribution in [0.3, 0.4) is 0 Å². The molecule has 1 amide bonds. The first-order valence-corrected chi connectivity index (χ1v) is 11.4. The molecule has 29 heavy (non-hydrogen) atoms. The van der Waals surface area contributed by atoms with Crippen molar-refractivity contribution in [3.63, 3.8) is 0 Å². The van der Waals surface area contributed by atoms with Gasteiger partial charge in [-0.25, -0.2) is 4.68 Å². The summed E-state index contributed by atoms with van der Waals surface area (Å²) in [6, 6.07) is 8.31. The lowest BCUT2D eigenvalue weighted by Gasteiger charge is -2.31. The number of carbonyl (C=O) groups is 1. The van der Waals surface area contributed by atoms with Gasteiger partial charge >= 0.3 is 0 Å². The molecule has 2 saturated heterocycles. The number of hydrogen-bond acceptors (Lipinski definition) is 6. The zero-order chi connectivity index (χ0) is 20.6. The van der Waals surface area contributed by atoms with Gasteiger partial charge < -0.3 is 9.64 Å². The van der Waals surface area contributed by atoms with Crippen molar-refractivity contribution >= 4 is 17.7 Å². The van der Waals surface area contributed by atoms with Gasteiger partial charge in [-0.3, -0.25) is 4.79 Å². The van der Waals surface area contributed by atoms with Gasteiger partial charge in [-0.05, 0) is 74.4 Å². The first-order chi connectivity index (χ1) is 13.8. The van der Waals surface area contributed by atoms with Crippen molar-refractivity contribution < 1.29 is 9.53 Å². The highest BCUT2D eigenvalue weighted by Crippen LogP contribution is 2.50. The third kappa shape index (κ3) is 3.80. The van der Waals surface area contributed by atoms with E-state index in [2.05, 4.69) is 66.8 Å². The van der Waals surface area contributed by atoms with E-state index in [0.717, 1.165) is 30.7 Å². The number of thioether (sulfide) groups is 1. The van der Waals surface area contributed by atoms with Crippen LogP contribution in [0.5, 0.6) is 0 Å². The van der Waals surface area contributed by atoms with Gasteiger partial charge in [0.25, 0.3) is 0 Å². The van der Waals surface area contributed by atoms with Crippen molar-refractivity contribution in [1.82, 2.24) is 25.1 Å². The van der Waals surface area contributed by atoms with Crippen LogP contribution in [0.25, 0.3) is 0 Å². The molecule has 0 aliphatic carbocycles. The van der Waals surface area contributed by atoms with E-state index in [9.17, 15) is 4.79 Å². The highest BCUT2D eigenvalue weighted by atomic mass is 32.2. The van der Waals surface area contributed by atoms with Crippen LogP contribution in [0.15, 0.2) is 29.2 Å². The first-order valence-electron chi connectivity index (χ1n) is 10.1. The molecule has 2 aliphatic rings. The minimum Gasteiger partial charge on any atom is -0.381 e. The molecule has 1 aromatic carbocycles. The molecular weight excluding hydrogens is 386 g/mol. The lowest BCUT2D eigenvalue weighted by Crippen LogP contribution is -2.39. The molecule has 1 atom stereocenters. The van der Waals surface area contributed by atoms with Crippen LogP contribution >= 0.6 is 11.8 Å². The van der Waals surface area contributed by atoms with Crippen LogP contribution in [0.4, 0.5) is 0 Å². The second kappa shape index (κ2) is 7.72. The topological polar surface area (TPSA) is 73.1 Å². The quantitative estimate of drug-likeness (QED) is 0.713. The highest BCUT2D eigenvalue weighted by Gasteiger charge is 2.54. The number of aromatic nitrogens is 4. The smallest absolute Gasteiger partial charge is 0.229 e. The van der Waals surface area contributed by atoms with Crippen LogP contribution in [0.1, 0.15) is 57.5 Å². The van der Waals surface area contributed by atoms with Gasteiger partial charge in [-0.2, -0.15) is 0 Å². The van der Waals surface area contributed by atoms with Crippen LogP contribution < -0.4 is 0 Å². The molecule has 4 rings (SSSR count). The maximum absolute atomic E-state index is 13.7. The average molecular weight is 416 g/mol. The van der Waals surface area contributed by atoms with Crippen molar-refractivity contribution in [1.29, 1.82) is 0 Å². The number of hydrogen-bond donors (Lipinski definition) is 0. The zero-order valence-electron chi connectivity index (χ0n) is 17.6. The summed E-state index contributed by atoms with van der Waals surface area (Å²) < 4.78 is 7.44. The standard InChI is InChI=1S/C21H29N5O2S/c1-20(2,3)26-18(22-23-24-26)17-13-21(9-11-28-12-10-21)19(27)25(17)14-15-5-7-16(29-4)8-6-15/h5-8,17H,9-14H2,1-4H3. The summed E-state index contributed by atoms with van der Waals surface area (Å²) in [6.07, 6.45) is 4.34. The lowest BCUT2D eigenvalue weighted by atomic mass is 9.77. The summed E-state index contributed by atoms with van der Waals surface area (Å²) in [5.74, 6) is 0.984. The number of benzene rings is 1. The maximum atomic E-state index is 13.7. The fraction of sp³-hybridized carbons (Fsp3) is 0.619. The van der Waals surface area contributed by atoms with E-state index in [1.54, 1.807) is 11.8 Å². The third-order valence-corrected chi connectivity index (χ3v) is 6.81. The Bertz CT molecular complexity index is 868. The molecular formula is C21H29N5O2S. The van der Waals surface area contributed by atoms with Crippen molar-refractivity contribution in [2.24, 2.45) is 5.41 Å². The van der Waals surface area contributed by atoms with E-state index in [1.165, 1.54) is 4.90 Å². The third-order valence-electron chi connectivity index (χ3n) is 6.06. The predicted octanol–water partition coefficient (Wildman–Crippen LogP) is 3.42. The Morgan fingerprint density at radius 3 is 2.52 bits per heavy atom. The van der Waals surface area contributed by atoms with Crippen LogP contribution in [0.2, 0.25) is 0 Å². The molecule has 2 fully saturated rings. The van der Waals surface area contributed by atoms with E-state index in [0.29, 0.717) is 19.8 Å². The van der Waals surface area contributed by atoms with Crippen LogP contribution in [-0.2, 0) is 21.6 Å². The molecule has 0 radical (unpaired) electrons. The van der Waals surface area contributed by atoms with E-state index in [1.807, 2.05) is 9.58 Å². The Kier molecular flexibility index (Phi) is 5.42. The van der Waals surface area contributed by atoms with Crippen molar-refractivity contribution in [2.45, 2.75) is 63.1 Å². The van der Waals surface area contributed by atoms with E-state index in [-0.39, 0.29) is 22.9 Å². The fourth-order valence-electron chi connectivity index (χ4n) is 4.41. The van der Waals surface area contributed by atoms with Gasteiger partial charge in [0.15, 0.2) is 5.82 Å². The predicted molar refractivity (Wildman–Crippen MR) is 111 cm³/mol. The van der Waals surface area contributed by atoms with Crippen LogP contribution in [0, 0.1) is 5.41 Å². The summed E-state index contributed by atoms with van der Waals surface area (Å²) in [5, 5.41) is 12.6. The Labute approximate surface area is 176 Å². The second-order valence-corrected chi connectivity index (χ2v) is 9.89. The maximum Gasteiger partial charge on any atom is 0.229 e. The number of likely N-dealkylation sites (tertiary alicyclic amines) is 1. The van der Waals surface area contributed by atoms with E-state index in [4.69, 9.17) is 4.74 Å². The van der Waals surface area contributed by atoms with Crippen molar-refractivity contribution in [3.05, 3.63) is 35.7 Å². The molecule has 1 unspecified atom stereocenters. The summed E-state index contributed by atoms with van der Waals surface area (Å²) in [7, 11) is 0. The monoisotopic (exact) mass is 415 g/mol. The molecule has 3 heterocycles. The molecule has 1 spiro atoms. The van der Waals surface area contributed by atoms with Gasteiger partial charge in [0, 0.05) is 24.7 Å². The molecule has 0 N–H and O–H groups in total. The molecule has 7 nitrogen and oxygen atoms in total. The lowest BCUT2D eigenvalue weighted by molar-refractivity contribution is -0.141. The number of amides is 1. The first kappa shape index (κ1) is 20.3. The van der Waals surface area contributed by atoms with Gasteiger partial charge in [0.2, 0.25) is 5.91 Å². The molecule has 0 saturated carbocycles. The largest absolute Gasteiger partial charge is 0.381 e. The zero-order valence-corrected chi connectivity index (χ0v) is 18.4. The summed E-state index contributed by atoms with van der Waals surface area (Å²) in [4.78, 5) is 16.9. The second-order valence-electron chi connectivity index (χ2n) is 9.01. The normalized spacial score (nSPS) is 21.9. The van der Waals surface area contributed by atoms with Crippen molar-refractivity contribution in [3.8, 4) is 0 Å². The van der Waals surface area contributed by atoms with Crippen molar-refractivity contribution in [2.75, 3.05) is 19.5 Å². The van der Waals surface area contributed by atoms with Crippen LogP contribution in [-0.4, -0.2) is 50.5 Å². The minimum atomic E-state index is -0.364. The molecule has 2 aliphatic heterocycles. The van der Waals surface area contributed by atoms with E-state index >= 15 is 0 Å². The van der Waals surface area contributed by atoms with E-state index < -0.39 is 0 Å². The summed E-state index contributed by atoms with van der Waals surface area (Å²) in [5.41, 5.74) is 0.510.